The van der Waals surface area contributed by atoms with Crippen LogP contribution in [0.5, 0.6) is 0 Å². The molecule has 1 aliphatic heterocycles. The molecule has 1 saturated heterocycles. The molecule has 1 N–H and O–H groups in total. The lowest BCUT2D eigenvalue weighted by Gasteiger charge is -2.30. The maximum absolute atomic E-state index is 12.5. The van der Waals surface area contributed by atoms with Gasteiger partial charge in [0.15, 0.2) is 0 Å². The third-order valence-corrected chi connectivity index (χ3v) is 4.05. The minimum Gasteiger partial charge on any atom is -0.370 e. The minimum atomic E-state index is 0.0191. The summed E-state index contributed by atoms with van der Waals surface area (Å²) in [6.07, 6.45) is 4.65. The van der Waals surface area contributed by atoms with E-state index < -0.39 is 0 Å². The largest absolute Gasteiger partial charge is 0.370 e. The van der Waals surface area contributed by atoms with Crippen molar-refractivity contribution in [3.63, 3.8) is 0 Å². The Morgan fingerprint density at radius 1 is 1.36 bits per heavy atom. The first-order chi connectivity index (χ1) is 10.6. The fourth-order valence-corrected chi connectivity index (χ4v) is 2.56. The summed E-state index contributed by atoms with van der Waals surface area (Å²) in [6, 6.07) is 1.76. The highest BCUT2D eigenvalue weighted by Crippen LogP contribution is 2.18. The zero-order valence-corrected chi connectivity index (χ0v) is 13.9. The lowest BCUT2D eigenvalue weighted by molar-refractivity contribution is 0.0691. The molecule has 1 fully saturated rings. The van der Waals surface area contributed by atoms with E-state index in [1.807, 2.05) is 4.90 Å². The van der Waals surface area contributed by atoms with Crippen LogP contribution in [0.3, 0.4) is 0 Å². The molecule has 1 amide bonds. The number of carbonyl (C=O) groups excluding carboxylic acids is 1. The van der Waals surface area contributed by atoms with Crippen LogP contribution in [-0.4, -0.2) is 65.9 Å². The molecule has 6 nitrogen and oxygen atoms in total. The van der Waals surface area contributed by atoms with Crippen LogP contribution < -0.4 is 5.32 Å². The molecule has 1 aromatic rings. The summed E-state index contributed by atoms with van der Waals surface area (Å²) in [7, 11) is 4.11. The standard InChI is InChI=1S/C16H27N5O/c1-13-5-9-21(10-6-13)16(22)14-11-15(19-12-18-14)17-7-4-8-20(2)3/h11-13H,4-10H2,1-3H3,(H,17,18,19). The topological polar surface area (TPSA) is 61.4 Å². The van der Waals surface area contributed by atoms with Gasteiger partial charge in [0, 0.05) is 25.7 Å². The van der Waals surface area contributed by atoms with Gasteiger partial charge in [-0.3, -0.25) is 4.79 Å². The Morgan fingerprint density at radius 3 is 2.77 bits per heavy atom. The van der Waals surface area contributed by atoms with Crippen molar-refractivity contribution >= 4 is 11.7 Å². The van der Waals surface area contributed by atoms with E-state index in [2.05, 4.69) is 41.2 Å². The van der Waals surface area contributed by atoms with Crippen LogP contribution >= 0.6 is 0 Å². The molecule has 0 atom stereocenters. The number of piperidine rings is 1. The number of likely N-dealkylation sites (tertiary alicyclic amines) is 1. The first-order valence-corrected chi connectivity index (χ1v) is 8.06. The van der Waals surface area contributed by atoms with Crippen molar-refractivity contribution in [3.05, 3.63) is 18.1 Å². The second kappa shape index (κ2) is 8.08. The molecule has 0 saturated carbocycles. The molecule has 0 bridgehead atoms. The van der Waals surface area contributed by atoms with Gasteiger partial charge in [0.25, 0.3) is 5.91 Å². The predicted octanol–water partition coefficient (Wildman–Crippen LogP) is 1.71. The van der Waals surface area contributed by atoms with Crippen LogP contribution in [0, 0.1) is 5.92 Å². The van der Waals surface area contributed by atoms with E-state index in [4.69, 9.17) is 0 Å². The molecule has 1 aliphatic rings. The van der Waals surface area contributed by atoms with Gasteiger partial charge in [-0.15, -0.1) is 0 Å². The van der Waals surface area contributed by atoms with Gasteiger partial charge in [0.2, 0.25) is 0 Å². The zero-order chi connectivity index (χ0) is 15.9. The van der Waals surface area contributed by atoms with Gasteiger partial charge in [0.1, 0.15) is 17.8 Å². The van der Waals surface area contributed by atoms with Gasteiger partial charge in [-0.1, -0.05) is 6.92 Å². The number of amides is 1. The number of rotatable bonds is 6. The van der Waals surface area contributed by atoms with E-state index in [1.54, 1.807) is 6.07 Å². The molecule has 0 spiro atoms. The van der Waals surface area contributed by atoms with Crippen molar-refractivity contribution in [2.45, 2.75) is 26.2 Å². The monoisotopic (exact) mass is 305 g/mol. The van der Waals surface area contributed by atoms with Gasteiger partial charge in [-0.2, -0.15) is 0 Å². The Hall–Kier alpha value is -1.69. The maximum atomic E-state index is 12.5. The third-order valence-electron chi connectivity index (χ3n) is 4.05. The molecule has 122 valence electrons. The Kier molecular flexibility index (Phi) is 6.12. The number of carbonyl (C=O) groups is 1. The quantitative estimate of drug-likeness (QED) is 0.811. The van der Waals surface area contributed by atoms with E-state index in [0.717, 1.165) is 51.3 Å². The first-order valence-electron chi connectivity index (χ1n) is 8.06. The van der Waals surface area contributed by atoms with Crippen molar-refractivity contribution in [1.29, 1.82) is 0 Å². The Balaban J connectivity index is 1.88. The van der Waals surface area contributed by atoms with Gasteiger partial charge >= 0.3 is 0 Å². The minimum absolute atomic E-state index is 0.0191. The zero-order valence-electron chi connectivity index (χ0n) is 13.9. The van der Waals surface area contributed by atoms with Gasteiger partial charge in [-0.05, 0) is 45.8 Å². The Morgan fingerprint density at radius 2 is 2.09 bits per heavy atom. The second-order valence-electron chi connectivity index (χ2n) is 6.35. The normalized spacial score (nSPS) is 16.1. The molecule has 22 heavy (non-hydrogen) atoms. The van der Waals surface area contributed by atoms with E-state index in [1.165, 1.54) is 6.33 Å². The number of anilines is 1. The molecular weight excluding hydrogens is 278 g/mol. The molecule has 0 aromatic carbocycles. The highest BCUT2D eigenvalue weighted by molar-refractivity contribution is 5.92. The van der Waals surface area contributed by atoms with E-state index in [-0.39, 0.29) is 5.91 Å². The van der Waals surface area contributed by atoms with E-state index in [0.29, 0.717) is 11.6 Å². The van der Waals surface area contributed by atoms with Crippen molar-refractivity contribution in [2.75, 3.05) is 45.6 Å². The van der Waals surface area contributed by atoms with Crippen LogP contribution in [0.4, 0.5) is 5.82 Å². The van der Waals surface area contributed by atoms with Crippen molar-refractivity contribution in [2.24, 2.45) is 5.92 Å². The van der Waals surface area contributed by atoms with Crippen molar-refractivity contribution < 1.29 is 4.79 Å². The SMILES string of the molecule is CC1CCN(C(=O)c2cc(NCCCN(C)C)ncn2)CC1. The highest BCUT2D eigenvalue weighted by atomic mass is 16.2. The average molecular weight is 305 g/mol. The molecule has 0 unspecified atom stereocenters. The van der Waals surface area contributed by atoms with Gasteiger partial charge in [-0.25, -0.2) is 9.97 Å². The number of nitrogens with one attached hydrogen (secondary N) is 1. The lowest BCUT2D eigenvalue weighted by atomic mass is 9.99. The molecule has 2 rings (SSSR count). The molecular formula is C16H27N5O. The number of aromatic nitrogens is 2. The van der Waals surface area contributed by atoms with Crippen LogP contribution in [-0.2, 0) is 0 Å². The van der Waals surface area contributed by atoms with E-state index in [9.17, 15) is 4.79 Å². The van der Waals surface area contributed by atoms with Gasteiger partial charge in [0.05, 0.1) is 0 Å². The molecule has 2 heterocycles. The van der Waals surface area contributed by atoms with Crippen LogP contribution in [0.1, 0.15) is 36.7 Å². The molecule has 0 radical (unpaired) electrons. The van der Waals surface area contributed by atoms with Crippen LogP contribution in [0.2, 0.25) is 0 Å². The smallest absolute Gasteiger partial charge is 0.272 e. The summed E-state index contributed by atoms with van der Waals surface area (Å²) in [5, 5.41) is 3.26. The fourth-order valence-electron chi connectivity index (χ4n) is 2.56. The summed E-state index contributed by atoms with van der Waals surface area (Å²) in [5.74, 6) is 1.46. The van der Waals surface area contributed by atoms with E-state index >= 15 is 0 Å². The number of nitrogens with zero attached hydrogens (tertiary/aromatic N) is 4. The van der Waals surface area contributed by atoms with Crippen LogP contribution in [0.15, 0.2) is 12.4 Å². The fraction of sp³-hybridized carbons (Fsp3) is 0.688. The Labute approximate surface area is 132 Å². The average Bonchev–Trinajstić information content (AvgIpc) is 2.52. The second-order valence-corrected chi connectivity index (χ2v) is 6.35. The molecule has 0 aliphatic carbocycles. The highest BCUT2D eigenvalue weighted by Gasteiger charge is 2.22. The van der Waals surface area contributed by atoms with Crippen molar-refractivity contribution in [3.8, 4) is 0 Å². The Bertz CT molecular complexity index is 483. The maximum Gasteiger partial charge on any atom is 0.272 e. The lowest BCUT2D eigenvalue weighted by Crippen LogP contribution is -2.38. The molecule has 1 aromatic heterocycles. The molecule has 6 heteroatoms. The first kappa shape index (κ1) is 16.7. The van der Waals surface area contributed by atoms with Gasteiger partial charge < -0.3 is 15.1 Å². The summed E-state index contributed by atoms with van der Waals surface area (Å²) in [4.78, 5) is 24.9. The number of hydrogen-bond acceptors (Lipinski definition) is 5. The summed E-state index contributed by atoms with van der Waals surface area (Å²) in [5.41, 5.74) is 0.486. The number of hydrogen-bond donors (Lipinski definition) is 1. The summed E-state index contributed by atoms with van der Waals surface area (Å²) < 4.78 is 0. The van der Waals surface area contributed by atoms with Crippen LogP contribution in [0.25, 0.3) is 0 Å². The predicted molar refractivity (Wildman–Crippen MR) is 88.0 cm³/mol. The third kappa shape index (κ3) is 4.94. The summed E-state index contributed by atoms with van der Waals surface area (Å²) in [6.45, 7) is 5.76. The van der Waals surface area contributed by atoms with Crippen molar-refractivity contribution in [1.82, 2.24) is 19.8 Å². The summed E-state index contributed by atoms with van der Waals surface area (Å²) >= 11 is 0.